The summed E-state index contributed by atoms with van der Waals surface area (Å²) in [6.07, 6.45) is 10.2. The van der Waals surface area contributed by atoms with Crippen LogP contribution in [0.4, 0.5) is 0 Å². The number of rotatable bonds is 6. The second-order valence-electron chi connectivity index (χ2n) is 7.48. The fourth-order valence-corrected chi connectivity index (χ4v) is 3.83. The highest BCUT2D eigenvalue weighted by atomic mass is 16.1. The van der Waals surface area contributed by atoms with Gasteiger partial charge in [-0.05, 0) is 50.0 Å². The van der Waals surface area contributed by atoms with Gasteiger partial charge in [-0.15, -0.1) is 0 Å². The van der Waals surface area contributed by atoms with Gasteiger partial charge >= 0.3 is 0 Å². The predicted octanol–water partition coefficient (Wildman–Crippen LogP) is 1.99. The third kappa shape index (κ3) is 4.36. The van der Waals surface area contributed by atoms with E-state index >= 15 is 0 Å². The van der Waals surface area contributed by atoms with Crippen molar-refractivity contribution in [1.29, 1.82) is 0 Å². The molecule has 1 fully saturated rings. The molecule has 0 N–H and O–H groups in total. The van der Waals surface area contributed by atoms with Gasteiger partial charge in [-0.1, -0.05) is 0 Å². The molecule has 0 aliphatic carbocycles. The fourth-order valence-electron chi connectivity index (χ4n) is 3.83. The van der Waals surface area contributed by atoms with Crippen molar-refractivity contribution in [1.82, 2.24) is 29.2 Å². The van der Waals surface area contributed by atoms with Gasteiger partial charge in [-0.2, -0.15) is 5.10 Å². The van der Waals surface area contributed by atoms with Crippen molar-refractivity contribution in [3.05, 3.63) is 65.2 Å². The molecule has 1 aliphatic rings. The van der Waals surface area contributed by atoms with Crippen LogP contribution in [0.25, 0.3) is 11.3 Å². The Labute approximate surface area is 164 Å². The molecule has 0 spiro atoms. The number of hydrogen-bond donors (Lipinski definition) is 0. The normalized spacial score (nSPS) is 15.8. The van der Waals surface area contributed by atoms with Crippen LogP contribution in [0.2, 0.25) is 0 Å². The van der Waals surface area contributed by atoms with E-state index < -0.39 is 0 Å². The minimum atomic E-state index is 0.0143. The number of aryl methyl sites for hydroxylation is 1. The van der Waals surface area contributed by atoms with Gasteiger partial charge < -0.3 is 4.90 Å². The molecule has 146 valence electrons. The van der Waals surface area contributed by atoms with E-state index in [1.807, 2.05) is 30.1 Å². The summed E-state index contributed by atoms with van der Waals surface area (Å²) in [5, 5.41) is 4.23. The van der Waals surface area contributed by atoms with Crippen LogP contribution in [-0.2, 0) is 20.0 Å². The first-order valence-corrected chi connectivity index (χ1v) is 9.85. The maximum atomic E-state index is 12.5. The Kier molecular flexibility index (Phi) is 5.62. The van der Waals surface area contributed by atoms with E-state index in [9.17, 15) is 4.79 Å². The van der Waals surface area contributed by atoms with Crippen molar-refractivity contribution in [2.75, 3.05) is 19.6 Å². The van der Waals surface area contributed by atoms with E-state index in [0.29, 0.717) is 11.6 Å². The minimum absolute atomic E-state index is 0.0143. The second kappa shape index (κ2) is 8.48. The van der Waals surface area contributed by atoms with E-state index in [2.05, 4.69) is 26.0 Å². The van der Waals surface area contributed by atoms with Gasteiger partial charge in [0.25, 0.3) is 5.56 Å². The largest absolute Gasteiger partial charge is 0.303 e. The van der Waals surface area contributed by atoms with Crippen LogP contribution < -0.4 is 5.56 Å². The van der Waals surface area contributed by atoms with Gasteiger partial charge in [0.05, 0.1) is 12.0 Å². The van der Waals surface area contributed by atoms with Crippen molar-refractivity contribution < 1.29 is 0 Å². The van der Waals surface area contributed by atoms with Crippen molar-refractivity contribution >= 4 is 0 Å². The molecule has 1 saturated heterocycles. The smallest absolute Gasteiger partial charge is 0.253 e. The maximum Gasteiger partial charge on any atom is 0.253 e. The van der Waals surface area contributed by atoms with Crippen molar-refractivity contribution in [3.63, 3.8) is 0 Å². The SMILES string of the molecule is Cn1nccc1CCN1CCC(Cn2cnc(-c3ccncc3)cc2=O)CC1. The van der Waals surface area contributed by atoms with Gasteiger partial charge in [0.2, 0.25) is 0 Å². The lowest BCUT2D eigenvalue weighted by atomic mass is 9.96. The van der Waals surface area contributed by atoms with E-state index in [1.54, 1.807) is 29.4 Å². The fraction of sp³-hybridized carbons (Fsp3) is 0.429. The van der Waals surface area contributed by atoms with Crippen molar-refractivity contribution in [2.45, 2.75) is 25.8 Å². The molecule has 3 aromatic rings. The average Bonchev–Trinajstić information content (AvgIpc) is 3.14. The molecule has 0 unspecified atom stereocenters. The Morgan fingerprint density at radius 3 is 2.57 bits per heavy atom. The van der Waals surface area contributed by atoms with Gasteiger partial charge in [-0.3, -0.25) is 19.0 Å². The lowest BCUT2D eigenvalue weighted by Gasteiger charge is -2.32. The number of likely N-dealkylation sites (tertiary alicyclic amines) is 1. The molecule has 7 heteroatoms. The topological polar surface area (TPSA) is 68.8 Å². The molecule has 4 heterocycles. The molecular formula is C21H26N6O. The zero-order valence-corrected chi connectivity index (χ0v) is 16.2. The summed E-state index contributed by atoms with van der Waals surface area (Å²) in [5.41, 5.74) is 2.91. The highest BCUT2D eigenvalue weighted by Gasteiger charge is 2.20. The summed E-state index contributed by atoms with van der Waals surface area (Å²) in [4.78, 5) is 23.5. The summed E-state index contributed by atoms with van der Waals surface area (Å²) >= 11 is 0. The molecule has 28 heavy (non-hydrogen) atoms. The van der Waals surface area contributed by atoms with E-state index in [4.69, 9.17) is 0 Å². The van der Waals surface area contributed by atoms with Crippen molar-refractivity contribution in [3.8, 4) is 11.3 Å². The lowest BCUT2D eigenvalue weighted by Crippen LogP contribution is -2.37. The summed E-state index contributed by atoms with van der Waals surface area (Å²) < 4.78 is 3.70. The van der Waals surface area contributed by atoms with Gasteiger partial charge in [0, 0.05) is 62.5 Å². The third-order valence-corrected chi connectivity index (χ3v) is 5.62. The molecule has 0 aromatic carbocycles. The second-order valence-corrected chi connectivity index (χ2v) is 7.48. The molecule has 4 rings (SSSR count). The molecule has 0 radical (unpaired) electrons. The standard InChI is InChI=1S/C21H26N6O/c1-25-19(4-10-24-25)7-13-26-11-5-17(6-12-26)15-27-16-23-20(14-21(27)28)18-2-8-22-9-3-18/h2-4,8-10,14,16-17H,5-7,11-13,15H2,1H3. The first kappa shape index (κ1) is 18.6. The van der Waals surface area contributed by atoms with Crippen LogP contribution in [0, 0.1) is 5.92 Å². The molecular weight excluding hydrogens is 352 g/mol. The molecule has 0 bridgehead atoms. The van der Waals surface area contributed by atoms with Crippen LogP contribution in [0.3, 0.4) is 0 Å². The predicted molar refractivity (Wildman–Crippen MR) is 108 cm³/mol. The van der Waals surface area contributed by atoms with Crippen LogP contribution in [0.1, 0.15) is 18.5 Å². The Hall–Kier alpha value is -2.80. The summed E-state index contributed by atoms with van der Waals surface area (Å²) in [5.74, 6) is 0.527. The minimum Gasteiger partial charge on any atom is -0.303 e. The molecule has 3 aromatic heterocycles. The van der Waals surface area contributed by atoms with Crippen LogP contribution in [-0.4, -0.2) is 48.8 Å². The highest BCUT2D eigenvalue weighted by molar-refractivity contribution is 5.57. The Morgan fingerprint density at radius 2 is 1.89 bits per heavy atom. The summed E-state index contributed by atoms with van der Waals surface area (Å²) in [6.45, 7) is 3.98. The number of piperidine rings is 1. The monoisotopic (exact) mass is 378 g/mol. The number of aromatic nitrogens is 5. The van der Waals surface area contributed by atoms with Gasteiger partial charge in [0.15, 0.2) is 0 Å². The number of nitrogens with zero attached hydrogens (tertiary/aromatic N) is 6. The lowest BCUT2D eigenvalue weighted by molar-refractivity contribution is 0.173. The molecule has 7 nitrogen and oxygen atoms in total. The summed E-state index contributed by atoms with van der Waals surface area (Å²) in [7, 11) is 1.99. The molecule has 0 amide bonds. The Bertz CT molecular complexity index is 956. The molecule has 0 saturated carbocycles. The zero-order valence-electron chi connectivity index (χ0n) is 16.2. The Morgan fingerprint density at radius 1 is 1.11 bits per heavy atom. The summed E-state index contributed by atoms with van der Waals surface area (Å²) in [6, 6.07) is 7.45. The highest BCUT2D eigenvalue weighted by Crippen LogP contribution is 2.19. The van der Waals surface area contributed by atoms with E-state index in [1.165, 1.54) is 5.69 Å². The quantitative estimate of drug-likeness (QED) is 0.656. The van der Waals surface area contributed by atoms with E-state index in [0.717, 1.165) is 51.0 Å². The zero-order chi connectivity index (χ0) is 19.3. The first-order chi connectivity index (χ1) is 13.7. The average molecular weight is 378 g/mol. The van der Waals surface area contributed by atoms with Crippen LogP contribution in [0.15, 0.2) is 54.0 Å². The van der Waals surface area contributed by atoms with Crippen molar-refractivity contribution in [2.24, 2.45) is 13.0 Å². The number of pyridine rings is 1. The number of hydrogen-bond acceptors (Lipinski definition) is 5. The van der Waals surface area contributed by atoms with Gasteiger partial charge in [0.1, 0.15) is 0 Å². The molecule has 0 atom stereocenters. The first-order valence-electron chi connectivity index (χ1n) is 9.85. The van der Waals surface area contributed by atoms with Crippen LogP contribution in [0.5, 0.6) is 0 Å². The third-order valence-electron chi connectivity index (χ3n) is 5.62. The van der Waals surface area contributed by atoms with E-state index in [-0.39, 0.29) is 5.56 Å². The Balaban J connectivity index is 1.30. The van der Waals surface area contributed by atoms with Gasteiger partial charge in [-0.25, -0.2) is 4.98 Å². The molecule has 1 aliphatic heterocycles. The maximum absolute atomic E-state index is 12.5. The van der Waals surface area contributed by atoms with Crippen LogP contribution >= 0.6 is 0 Å².